The summed E-state index contributed by atoms with van der Waals surface area (Å²) in [5.74, 6) is -1.62. The van der Waals surface area contributed by atoms with Crippen LogP contribution in [0.25, 0.3) is 0 Å². The Balaban J connectivity index is 1.35. The van der Waals surface area contributed by atoms with E-state index in [2.05, 4.69) is 5.32 Å². The average Bonchev–Trinajstić information content (AvgIpc) is 4.06. The van der Waals surface area contributed by atoms with E-state index in [0.29, 0.717) is 90.1 Å². The first-order valence-corrected chi connectivity index (χ1v) is 26.8. The second-order valence-corrected chi connectivity index (χ2v) is 22.2. The highest BCUT2D eigenvalue weighted by molar-refractivity contribution is 8.01. The van der Waals surface area contributed by atoms with Crippen molar-refractivity contribution in [2.75, 3.05) is 105 Å². The number of ether oxygens (including phenoxy) is 9. The number of methoxy groups -OCH3 is 2. The smallest absolute Gasteiger partial charge is 0.409 e. The standard InChI is InChI=1S/C53H81ClN4O16S/c1-34-14-13-15-42(67-12)53(65)32-41(72-50(64)55-53)36(3)48-52(7,74-48)43(31-45(61)58(10)39-29-38(28-34)30-40(66-11)47(39)54)73-49(63)37(4)57(9)44(60)16-18-51(5,6)75-33-46(62)56(8)19-21-69-23-25-71-27-26-70-24-22-68-20-17-35(2)59/h13-15,29-30,36-37,41-43,48,65H,16-28,31-33H2,1-12H3,(H,55,64)/b15-13+,34-14+/t36-,37+,41+,42-,43+,48+,52+,53+/m1/s1. The van der Waals surface area contributed by atoms with Gasteiger partial charge in [-0.2, -0.15) is 0 Å². The number of epoxide rings is 1. The van der Waals surface area contributed by atoms with Crippen LogP contribution in [0.2, 0.25) is 5.02 Å². The molecule has 2 N–H and O–H groups in total. The van der Waals surface area contributed by atoms with Gasteiger partial charge < -0.3 is 62.4 Å². The third-order valence-electron chi connectivity index (χ3n) is 13.8. The molecule has 3 aliphatic heterocycles. The number of carbonyl (C=O) groups is 6. The second-order valence-electron chi connectivity index (χ2n) is 20.2. The molecular weight excluding hydrogens is 1020 g/mol. The molecule has 0 spiro atoms. The SMILES string of the molecule is COc1cc2cc(c1Cl)N(C)C(=O)C[C@H](OC(=O)[C@H](C)N(C)C(=O)CCC(C)(C)SCC(=O)N(C)CCOCCOCCOCCOCCC(C)=O)[C@]1(C)O[C@H]1[C@H](C)[C@@H]1C[C@@](O)(NC(=O)O1)[C@H](OC)/C=C/C=C(\C)C2. The number of hydrogen-bond donors (Lipinski definition) is 2. The first-order chi connectivity index (χ1) is 35.4. The van der Waals surface area contributed by atoms with Gasteiger partial charge in [-0.05, 0) is 58.2 Å². The Morgan fingerprint density at radius 2 is 1.61 bits per heavy atom. The van der Waals surface area contributed by atoms with E-state index < -0.39 is 70.4 Å². The number of carbonyl (C=O) groups excluding carboxylic acids is 6. The van der Waals surface area contributed by atoms with Crippen LogP contribution >= 0.6 is 23.4 Å². The monoisotopic (exact) mass is 1100 g/mol. The number of esters is 1. The lowest BCUT2D eigenvalue weighted by Crippen LogP contribution is -2.63. The number of hydrogen-bond acceptors (Lipinski definition) is 17. The molecule has 0 unspecified atom stereocenters. The summed E-state index contributed by atoms with van der Waals surface area (Å²) in [6.07, 6.45) is 1.45. The number of ketones is 1. The van der Waals surface area contributed by atoms with Crippen molar-refractivity contribution in [3.05, 3.63) is 46.5 Å². The Morgan fingerprint density at radius 1 is 0.987 bits per heavy atom. The van der Waals surface area contributed by atoms with Gasteiger partial charge in [-0.25, -0.2) is 9.59 Å². The molecule has 0 saturated carbocycles. The molecule has 2 fully saturated rings. The minimum absolute atomic E-state index is 0.0730. The zero-order valence-corrected chi connectivity index (χ0v) is 47.4. The molecule has 8 atom stereocenters. The van der Waals surface area contributed by atoms with Gasteiger partial charge >= 0.3 is 12.1 Å². The molecule has 4 bridgehead atoms. The van der Waals surface area contributed by atoms with Crippen LogP contribution in [0.5, 0.6) is 5.75 Å². The third-order valence-corrected chi connectivity index (χ3v) is 15.5. The van der Waals surface area contributed by atoms with Crippen LogP contribution in [-0.2, 0) is 68.3 Å². The maximum Gasteiger partial charge on any atom is 0.409 e. The predicted octanol–water partition coefficient (Wildman–Crippen LogP) is 5.31. The summed E-state index contributed by atoms with van der Waals surface area (Å²) in [5.41, 5.74) is -1.09. The number of likely N-dealkylation sites (N-methyl/N-ethyl adjacent to an activating group) is 2. The summed E-state index contributed by atoms with van der Waals surface area (Å²) in [7, 11) is 7.68. The summed E-state index contributed by atoms with van der Waals surface area (Å²) in [4.78, 5) is 83.5. The summed E-state index contributed by atoms with van der Waals surface area (Å²) in [6.45, 7) is 15.9. The molecule has 3 aliphatic rings. The van der Waals surface area contributed by atoms with Crippen molar-refractivity contribution in [1.82, 2.24) is 15.1 Å². The van der Waals surface area contributed by atoms with Crippen LogP contribution in [-0.4, -0.2) is 198 Å². The van der Waals surface area contributed by atoms with Crippen LogP contribution < -0.4 is 15.0 Å². The molecule has 0 radical (unpaired) electrons. The van der Waals surface area contributed by atoms with Crippen molar-refractivity contribution in [2.45, 2.75) is 134 Å². The van der Waals surface area contributed by atoms with E-state index in [9.17, 15) is 33.9 Å². The fourth-order valence-corrected chi connectivity index (χ4v) is 9.84. The van der Waals surface area contributed by atoms with E-state index in [-0.39, 0.29) is 47.6 Å². The number of amides is 4. The van der Waals surface area contributed by atoms with Crippen LogP contribution in [0.3, 0.4) is 0 Å². The molecule has 3 heterocycles. The van der Waals surface area contributed by atoms with Crippen molar-refractivity contribution in [1.29, 1.82) is 0 Å². The first-order valence-electron chi connectivity index (χ1n) is 25.4. The Hall–Kier alpha value is -4.32. The molecule has 0 aromatic heterocycles. The lowest BCUT2D eigenvalue weighted by atomic mass is 9.83. The third kappa shape index (κ3) is 19.0. The lowest BCUT2D eigenvalue weighted by Gasteiger charge is -2.42. The van der Waals surface area contributed by atoms with Crippen LogP contribution in [0.15, 0.2) is 35.9 Å². The number of rotatable bonds is 26. The maximum atomic E-state index is 14.4. The molecule has 2 saturated heterocycles. The van der Waals surface area contributed by atoms with E-state index >= 15 is 0 Å². The Morgan fingerprint density at radius 3 is 2.23 bits per heavy atom. The molecule has 422 valence electrons. The minimum Gasteiger partial charge on any atom is -0.495 e. The van der Waals surface area contributed by atoms with Crippen molar-refractivity contribution < 1.29 is 76.5 Å². The average molecular weight is 1100 g/mol. The van der Waals surface area contributed by atoms with Gasteiger partial charge in [0.1, 0.15) is 46.5 Å². The predicted molar refractivity (Wildman–Crippen MR) is 283 cm³/mol. The molecule has 4 amide bonds. The number of Topliss-reactive ketones (excluding diaryl/α,β-unsaturated/α-hetero) is 1. The summed E-state index contributed by atoms with van der Waals surface area (Å²) < 4.78 is 50.9. The molecule has 4 rings (SSSR count). The van der Waals surface area contributed by atoms with Crippen molar-refractivity contribution >= 4 is 64.6 Å². The highest BCUT2D eigenvalue weighted by Crippen LogP contribution is 2.49. The molecule has 1 aromatic rings. The molecule has 75 heavy (non-hydrogen) atoms. The fraction of sp³-hybridized carbons (Fsp3) is 0.698. The molecule has 20 nitrogen and oxygen atoms in total. The number of allylic oxidation sites excluding steroid dienone is 3. The van der Waals surface area contributed by atoms with E-state index in [4.69, 9.17) is 54.2 Å². The topological polar surface area (TPSA) is 231 Å². The maximum absolute atomic E-state index is 14.4. The first kappa shape index (κ1) is 63.2. The van der Waals surface area contributed by atoms with Crippen LogP contribution in [0, 0.1) is 5.92 Å². The largest absolute Gasteiger partial charge is 0.495 e. The zero-order valence-electron chi connectivity index (χ0n) is 45.9. The number of fused-ring (bicyclic) bond motifs is 5. The van der Waals surface area contributed by atoms with E-state index in [1.54, 1.807) is 64.1 Å². The van der Waals surface area contributed by atoms with Crippen LogP contribution in [0.4, 0.5) is 10.5 Å². The fourth-order valence-electron chi connectivity index (χ4n) is 8.55. The number of nitrogens with one attached hydrogen (secondary N) is 1. The quantitative estimate of drug-likeness (QED) is 0.0680. The van der Waals surface area contributed by atoms with Crippen molar-refractivity contribution in [2.24, 2.45) is 5.92 Å². The van der Waals surface area contributed by atoms with Gasteiger partial charge in [0.25, 0.3) is 0 Å². The number of thioether (sulfide) groups is 1. The van der Waals surface area contributed by atoms with Gasteiger partial charge in [0.2, 0.25) is 17.7 Å². The van der Waals surface area contributed by atoms with E-state index in [0.717, 1.165) is 11.1 Å². The van der Waals surface area contributed by atoms with E-state index in [1.807, 2.05) is 26.8 Å². The molecule has 1 aromatic carbocycles. The van der Waals surface area contributed by atoms with E-state index in [1.165, 1.54) is 49.8 Å². The lowest BCUT2D eigenvalue weighted by molar-refractivity contribution is -0.162. The van der Waals surface area contributed by atoms with Crippen molar-refractivity contribution in [3.8, 4) is 5.75 Å². The Kier molecular flexibility index (Phi) is 24.8. The highest BCUT2D eigenvalue weighted by Gasteiger charge is 2.64. The van der Waals surface area contributed by atoms with Crippen molar-refractivity contribution in [3.63, 3.8) is 0 Å². The minimum atomic E-state index is -1.87. The van der Waals surface area contributed by atoms with Crippen LogP contribution in [0.1, 0.15) is 86.1 Å². The number of benzene rings is 1. The number of aliphatic hydroxyl groups is 1. The highest BCUT2D eigenvalue weighted by atomic mass is 35.5. The van der Waals surface area contributed by atoms with Gasteiger partial charge in [0.15, 0.2) is 5.72 Å². The molecule has 0 aliphatic carbocycles. The zero-order chi connectivity index (χ0) is 55.7. The Labute approximate surface area is 451 Å². The number of halogens is 1. The number of anilines is 1. The second kappa shape index (κ2) is 29.4. The van der Waals surface area contributed by atoms with Gasteiger partial charge in [0.05, 0.1) is 83.9 Å². The van der Waals surface area contributed by atoms with Gasteiger partial charge in [-0.15, -0.1) is 11.8 Å². The molecule has 22 heteroatoms. The van der Waals surface area contributed by atoms with Gasteiger partial charge in [-0.1, -0.05) is 56.2 Å². The number of nitrogens with zero attached hydrogens (tertiary/aromatic N) is 3. The summed E-state index contributed by atoms with van der Waals surface area (Å²) >= 11 is 8.26. The van der Waals surface area contributed by atoms with Gasteiger partial charge in [-0.3, -0.25) is 24.5 Å². The summed E-state index contributed by atoms with van der Waals surface area (Å²) in [6, 6.07) is 2.48. The van der Waals surface area contributed by atoms with Gasteiger partial charge in [0, 0.05) is 64.7 Å². The summed E-state index contributed by atoms with van der Waals surface area (Å²) in [5, 5.41) is 14.6. The number of alkyl carbamates (subject to hydrolysis) is 1. The Bertz CT molecular complexity index is 2180. The molecular formula is C53H81ClN4O16S. The normalized spacial score (nSPS) is 25.7.